The van der Waals surface area contributed by atoms with Crippen molar-refractivity contribution in [3.05, 3.63) is 34.7 Å². The average molecular weight is 478 g/mol. The molecular weight excluding hydrogens is 438 g/mol. The number of aliphatic hydroxyl groups is 3. The number of piperidine rings is 1. The van der Waals surface area contributed by atoms with Crippen LogP contribution < -0.4 is 0 Å². The van der Waals surface area contributed by atoms with Crippen LogP contribution in [0.3, 0.4) is 0 Å². The number of carbonyl (C=O) groups excluding carboxylic acids is 1. The van der Waals surface area contributed by atoms with Crippen molar-refractivity contribution in [2.75, 3.05) is 26.9 Å². The summed E-state index contributed by atoms with van der Waals surface area (Å²) < 4.78 is 17.1. The lowest BCUT2D eigenvalue weighted by atomic mass is 9.78. The third-order valence-corrected chi connectivity index (χ3v) is 7.76. The molecule has 0 aromatic carbocycles. The van der Waals surface area contributed by atoms with Gasteiger partial charge in [-0.1, -0.05) is 33.1 Å². The number of hydrogen-bond acceptors (Lipinski definition) is 8. The number of cyclic esters (lactones) is 1. The molecule has 3 N–H and O–H groups in total. The van der Waals surface area contributed by atoms with Crippen LogP contribution in [0.1, 0.15) is 58.8 Å². The van der Waals surface area contributed by atoms with Crippen molar-refractivity contribution in [3.63, 3.8) is 0 Å². The molecule has 0 aromatic heterocycles. The van der Waals surface area contributed by atoms with Crippen LogP contribution in [0.25, 0.3) is 0 Å². The Hall–Kier alpha value is -1.87. The Balaban J connectivity index is 1.61. The van der Waals surface area contributed by atoms with E-state index in [2.05, 4.69) is 24.8 Å². The molecule has 0 aliphatic carbocycles. The molecular formula is C26H39NO7. The zero-order valence-corrected chi connectivity index (χ0v) is 20.5. The summed E-state index contributed by atoms with van der Waals surface area (Å²) in [7, 11) is 1.42. The number of carbonyl (C=O) groups is 1. The molecule has 4 aliphatic rings. The van der Waals surface area contributed by atoms with Crippen LogP contribution in [0, 0.1) is 17.8 Å². The van der Waals surface area contributed by atoms with Gasteiger partial charge in [-0.15, -0.1) is 0 Å². The normalized spacial score (nSPS) is 32.7. The first-order valence-electron chi connectivity index (χ1n) is 12.7. The summed E-state index contributed by atoms with van der Waals surface area (Å²) in [6.07, 6.45) is 8.34. The van der Waals surface area contributed by atoms with Crippen molar-refractivity contribution in [1.29, 1.82) is 0 Å². The van der Waals surface area contributed by atoms with Gasteiger partial charge in [0.05, 0.1) is 32.3 Å². The molecule has 190 valence electrons. The number of aliphatic hydroxyl groups excluding tert-OH is 3. The second kappa shape index (κ2) is 10.8. The number of ether oxygens (including phenoxy) is 3. The summed E-state index contributed by atoms with van der Waals surface area (Å²) in [6, 6.07) is 0.210. The van der Waals surface area contributed by atoms with Crippen molar-refractivity contribution >= 4 is 5.97 Å². The molecule has 4 rings (SSSR count). The number of nitrogens with zero attached hydrogens (tertiary/aromatic N) is 1. The Kier molecular flexibility index (Phi) is 8.02. The quantitative estimate of drug-likeness (QED) is 0.458. The summed E-state index contributed by atoms with van der Waals surface area (Å²) >= 11 is 0. The van der Waals surface area contributed by atoms with Gasteiger partial charge in [-0.05, 0) is 37.7 Å². The van der Waals surface area contributed by atoms with E-state index >= 15 is 0 Å². The molecule has 5 atom stereocenters. The molecule has 0 saturated carbocycles. The smallest absolute Gasteiger partial charge is 0.345 e. The second-order valence-corrected chi connectivity index (χ2v) is 10.3. The van der Waals surface area contributed by atoms with Gasteiger partial charge in [-0.25, -0.2) is 4.79 Å². The molecule has 0 aromatic rings. The minimum absolute atomic E-state index is 0.0511. The second-order valence-electron chi connectivity index (χ2n) is 10.3. The van der Waals surface area contributed by atoms with Gasteiger partial charge >= 0.3 is 5.97 Å². The molecule has 0 radical (unpaired) electrons. The van der Waals surface area contributed by atoms with Gasteiger partial charge in [0, 0.05) is 24.5 Å². The van der Waals surface area contributed by atoms with E-state index in [1.807, 2.05) is 0 Å². The molecule has 8 nitrogen and oxygen atoms in total. The van der Waals surface area contributed by atoms with Crippen LogP contribution in [0.2, 0.25) is 0 Å². The monoisotopic (exact) mass is 477 g/mol. The summed E-state index contributed by atoms with van der Waals surface area (Å²) in [4.78, 5) is 14.7. The van der Waals surface area contributed by atoms with E-state index in [0.717, 1.165) is 57.2 Å². The Morgan fingerprint density at radius 3 is 2.68 bits per heavy atom. The molecule has 8 heteroatoms. The maximum absolute atomic E-state index is 12.3. The standard InChI is InChI=1S/C26H39NO7/c1-15(2)7-4-10-20(30)18-8-5-9-19-22-16(13-28)24(33-21(22)11-6-12-27(18)19)25-23(32-3)17(14-29)26(31)34-25/h11,15-16,18-20,22,28-30H,4-10,12-14H2,1-3H3. The summed E-state index contributed by atoms with van der Waals surface area (Å²) in [5, 5.41) is 31.2. The van der Waals surface area contributed by atoms with E-state index in [9.17, 15) is 20.1 Å². The van der Waals surface area contributed by atoms with Crippen LogP contribution in [0.4, 0.5) is 0 Å². The summed E-state index contributed by atoms with van der Waals surface area (Å²) in [6.45, 7) is 4.59. The fourth-order valence-electron chi connectivity index (χ4n) is 6.15. The zero-order valence-electron chi connectivity index (χ0n) is 20.5. The topological polar surface area (TPSA) is 109 Å². The number of hydrogen-bond donors (Lipinski definition) is 3. The van der Waals surface area contributed by atoms with Crippen molar-refractivity contribution in [1.82, 2.24) is 4.90 Å². The van der Waals surface area contributed by atoms with E-state index in [4.69, 9.17) is 14.2 Å². The van der Waals surface area contributed by atoms with Crippen LogP contribution >= 0.6 is 0 Å². The SMILES string of the molecule is COC1=C(CO)C(=O)OC1=C1OC2=CCCN3C(C(O)CCCC(C)C)CCCC3C2C1CO. The highest BCUT2D eigenvalue weighted by atomic mass is 16.6. The molecule has 5 unspecified atom stereocenters. The van der Waals surface area contributed by atoms with E-state index in [1.54, 1.807) is 0 Å². The van der Waals surface area contributed by atoms with Gasteiger partial charge in [0.1, 0.15) is 11.3 Å². The third-order valence-electron chi connectivity index (χ3n) is 7.76. The Morgan fingerprint density at radius 2 is 2.00 bits per heavy atom. The van der Waals surface area contributed by atoms with Crippen LogP contribution in [0.5, 0.6) is 0 Å². The first kappa shape index (κ1) is 25.2. The first-order valence-corrected chi connectivity index (χ1v) is 12.7. The Bertz CT molecular complexity index is 861. The van der Waals surface area contributed by atoms with E-state index in [0.29, 0.717) is 11.7 Å². The van der Waals surface area contributed by atoms with Gasteiger partial charge < -0.3 is 29.5 Å². The zero-order chi connectivity index (χ0) is 24.4. The van der Waals surface area contributed by atoms with E-state index < -0.39 is 18.5 Å². The van der Waals surface area contributed by atoms with Crippen molar-refractivity contribution < 1.29 is 34.3 Å². The number of esters is 1. The van der Waals surface area contributed by atoms with E-state index in [1.165, 1.54) is 7.11 Å². The van der Waals surface area contributed by atoms with Crippen molar-refractivity contribution in [2.24, 2.45) is 17.8 Å². The highest BCUT2D eigenvalue weighted by Gasteiger charge is 2.51. The van der Waals surface area contributed by atoms with Gasteiger partial charge in [0.2, 0.25) is 5.76 Å². The Morgan fingerprint density at radius 1 is 1.21 bits per heavy atom. The summed E-state index contributed by atoms with van der Waals surface area (Å²) in [5.74, 6) is 0.948. The summed E-state index contributed by atoms with van der Waals surface area (Å²) in [5.41, 5.74) is 0.0511. The van der Waals surface area contributed by atoms with Crippen molar-refractivity contribution in [3.8, 4) is 0 Å². The fraction of sp³-hybridized carbons (Fsp3) is 0.731. The lowest BCUT2D eigenvalue weighted by molar-refractivity contribution is -0.134. The average Bonchev–Trinajstić information content (AvgIpc) is 3.28. The van der Waals surface area contributed by atoms with Crippen molar-refractivity contribution in [2.45, 2.75) is 77.0 Å². The number of methoxy groups -OCH3 is 1. The highest BCUT2D eigenvalue weighted by Crippen LogP contribution is 2.49. The van der Waals surface area contributed by atoms with Gasteiger partial charge in [0.25, 0.3) is 0 Å². The third kappa shape index (κ3) is 4.65. The Labute approximate surface area is 201 Å². The molecule has 2 fully saturated rings. The largest absolute Gasteiger partial charge is 0.492 e. The number of fused-ring (bicyclic) bond motifs is 3. The molecule has 4 heterocycles. The van der Waals surface area contributed by atoms with Gasteiger partial charge in [-0.3, -0.25) is 4.90 Å². The maximum atomic E-state index is 12.3. The highest BCUT2D eigenvalue weighted by molar-refractivity contribution is 5.94. The minimum atomic E-state index is -0.660. The predicted molar refractivity (Wildman–Crippen MR) is 125 cm³/mol. The molecule has 0 bridgehead atoms. The minimum Gasteiger partial charge on any atom is -0.492 e. The molecule has 0 amide bonds. The van der Waals surface area contributed by atoms with Crippen LogP contribution in [0.15, 0.2) is 34.7 Å². The van der Waals surface area contributed by atoms with E-state index in [-0.39, 0.29) is 47.8 Å². The lowest BCUT2D eigenvalue weighted by Gasteiger charge is -2.46. The molecule has 34 heavy (non-hydrogen) atoms. The first-order chi connectivity index (χ1) is 16.4. The molecule has 4 aliphatic heterocycles. The predicted octanol–water partition coefficient (Wildman–Crippen LogP) is 2.60. The van der Waals surface area contributed by atoms with Crippen LogP contribution in [-0.2, 0) is 19.0 Å². The molecule has 0 spiro atoms. The van der Waals surface area contributed by atoms with Gasteiger partial charge in [-0.2, -0.15) is 0 Å². The van der Waals surface area contributed by atoms with Crippen LogP contribution in [-0.4, -0.2) is 71.2 Å². The number of rotatable bonds is 8. The van der Waals surface area contributed by atoms with Gasteiger partial charge in [0.15, 0.2) is 11.5 Å². The fourth-order valence-corrected chi connectivity index (χ4v) is 6.15. The molecule has 2 saturated heterocycles. The lowest BCUT2D eigenvalue weighted by Crippen LogP contribution is -2.55. The maximum Gasteiger partial charge on any atom is 0.345 e.